The molecule has 0 aromatic heterocycles. The van der Waals surface area contributed by atoms with Crippen LogP contribution in [0.3, 0.4) is 0 Å². The average molecular weight is 372 g/mol. The van der Waals surface area contributed by atoms with Gasteiger partial charge in [-0.1, -0.05) is 23.7 Å². The molecule has 0 aliphatic rings. The summed E-state index contributed by atoms with van der Waals surface area (Å²) in [6, 6.07) is 11.3. The highest BCUT2D eigenvalue weighted by Crippen LogP contribution is 2.36. The van der Waals surface area contributed by atoms with Crippen LogP contribution in [0.15, 0.2) is 47.4 Å². The van der Waals surface area contributed by atoms with Crippen molar-refractivity contribution in [3.8, 4) is 17.2 Å². The monoisotopic (exact) mass is 371 g/mol. The molecule has 0 unspecified atom stereocenters. The topological polar surface area (TPSA) is 73.9 Å². The van der Waals surface area contributed by atoms with Gasteiger partial charge in [-0.05, 0) is 30.3 Å². The molecule has 0 heterocycles. The normalized spacial score (nSPS) is 11.1. The van der Waals surface area contributed by atoms with Crippen molar-refractivity contribution in [3.05, 3.63) is 47.5 Å². The summed E-state index contributed by atoms with van der Waals surface area (Å²) in [7, 11) is -0.601. The zero-order valence-corrected chi connectivity index (χ0v) is 14.9. The van der Waals surface area contributed by atoms with E-state index in [9.17, 15) is 8.42 Å². The van der Waals surface area contributed by atoms with E-state index in [4.69, 9.17) is 25.8 Å². The lowest BCUT2D eigenvalue weighted by molar-refractivity contribution is 0.287. The molecule has 0 bridgehead atoms. The lowest BCUT2D eigenvalue weighted by Crippen LogP contribution is -2.28. The Morgan fingerprint density at radius 2 is 1.75 bits per heavy atom. The smallest absolute Gasteiger partial charge is 0.240 e. The van der Waals surface area contributed by atoms with Gasteiger partial charge in [0.1, 0.15) is 6.61 Å². The zero-order valence-electron chi connectivity index (χ0n) is 13.3. The molecule has 0 fully saturated rings. The van der Waals surface area contributed by atoms with Gasteiger partial charge in [-0.25, -0.2) is 13.1 Å². The first-order chi connectivity index (χ1) is 11.5. The first-order valence-corrected chi connectivity index (χ1v) is 8.93. The van der Waals surface area contributed by atoms with Crippen molar-refractivity contribution in [2.45, 2.75) is 4.90 Å². The second kappa shape index (κ2) is 8.23. The Hall–Kier alpha value is -1.96. The largest absolute Gasteiger partial charge is 0.493 e. The minimum atomic E-state index is -3.64. The highest BCUT2D eigenvalue weighted by atomic mass is 35.5. The van der Waals surface area contributed by atoms with Crippen molar-refractivity contribution in [2.75, 3.05) is 27.4 Å². The van der Waals surface area contributed by atoms with E-state index in [0.29, 0.717) is 22.3 Å². The van der Waals surface area contributed by atoms with Crippen molar-refractivity contribution < 1.29 is 22.6 Å². The highest BCUT2D eigenvalue weighted by molar-refractivity contribution is 7.89. The molecule has 0 amide bonds. The zero-order chi connectivity index (χ0) is 17.6. The summed E-state index contributed by atoms with van der Waals surface area (Å²) >= 11 is 5.81. The van der Waals surface area contributed by atoms with Crippen LogP contribution in [0.4, 0.5) is 0 Å². The van der Waals surface area contributed by atoms with Crippen LogP contribution in [0.25, 0.3) is 0 Å². The van der Waals surface area contributed by atoms with Gasteiger partial charge in [0.05, 0.1) is 19.1 Å². The van der Waals surface area contributed by atoms with Crippen LogP contribution in [0.1, 0.15) is 0 Å². The number of para-hydroxylation sites is 1. The number of hydrogen-bond donors (Lipinski definition) is 1. The van der Waals surface area contributed by atoms with Crippen molar-refractivity contribution in [2.24, 2.45) is 0 Å². The number of hydrogen-bond acceptors (Lipinski definition) is 5. The van der Waals surface area contributed by atoms with Crippen LogP contribution in [-0.2, 0) is 10.0 Å². The molecule has 6 nitrogen and oxygen atoms in total. The van der Waals surface area contributed by atoms with Gasteiger partial charge in [-0.3, -0.25) is 0 Å². The minimum absolute atomic E-state index is 0.0925. The summed E-state index contributed by atoms with van der Waals surface area (Å²) in [5.41, 5.74) is 0. The number of halogens is 1. The molecule has 1 N–H and O–H groups in total. The molecule has 2 aromatic rings. The standard InChI is InChI=1S/C16H18ClNO5S/c1-21-14-7-4-8-15(16(14)22-2)23-10-9-18-24(19,20)13-6-3-5-12(17)11-13/h3-8,11,18H,9-10H2,1-2H3. The lowest BCUT2D eigenvalue weighted by Gasteiger charge is -2.13. The Morgan fingerprint density at radius 3 is 2.42 bits per heavy atom. The third-order valence-electron chi connectivity index (χ3n) is 3.12. The van der Waals surface area contributed by atoms with Crippen molar-refractivity contribution in [1.82, 2.24) is 4.72 Å². The molecule has 24 heavy (non-hydrogen) atoms. The number of sulfonamides is 1. The summed E-state index contributed by atoms with van der Waals surface area (Å²) in [4.78, 5) is 0.106. The van der Waals surface area contributed by atoms with Gasteiger partial charge in [-0.15, -0.1) is 0 Å². The number of rotatable bonds is 8. The van der Waals surface area contributed by atoms with E-state index in [1.165, 1.54) is 26.4 Å². The van der Waals surface area contributed by atoms with Crippen LogP contribution in [0.5, 0.6) is 17.2 Å². The summed E-state index contributed by atoms with van der Waals surface area (Å²) in [6.45, 7) is 0.221. The van der Waals surface area contributed by atoms with Gasteiger partial charge in [-0.2, -0.15) is 0 Å². The maximum atomic E-state index is 12.1. The Bertz CT molecular complexity index is 795. The summed E-state index contributed by atoms with van der Waals surface area (Å²) in [5.74, 6) is 1.46. The van der Waals surface area contributed by atoms with Gasteiger partial charge < -0.3 is 14.2 Å². The predicted molar refractivity (Wildman–Crippen MR) is 91.7 cm³/mol. The van der Waals surface area contributed by atoms with E-state index in [0.717, 1.165) is 0 Å². The SMILES string of the molecule is COc1cccc(OCCNS(=O)(=O)c2cccc(Cl)c2)c1OC. The molecular weight excluding hydrogens is 354 g/mol. The molecule has 0 aliphatic heterocycles. The predicted octanol–water partition coefficient (Wildman–Crippen LogP) is 2.71. The van der Waals surface area contributed by atoms with E-state index in [1.807, 2.05) is 0 Å². The van der Waals surface area contributed by atoms with Crippen LogP contribution in [0.2, 0.25) is 5.02 Å². The van der Waals surface area contributed by atoms with Gasteiger partial charge in [0.25, 0.3) is 0 Å². The fraction of sp³-hybridized carbons (Fsp3) is 0.250. The average Bonchev–Trinajstić information content (AvgIpc) is 2.58. The third kappa shape index (κ3) is 4.53. The molecule has 0 saturated carbocycles. The van der Waals surface area contributed by atoms with E-state index >= 15 is 0 Å². The quantitative estimate of drug-likeness (QED) is 0.722. The van der Waals surface area contributed by atoms with Gasteiger partial charge >= 0.3 is 0 Å². The number of ether oxygens (including phenoxy) is 3. The number of nitrogens with one attached hydrogen (secondary N) is 1. The van der Waals surface area contributed by atoms with Gasteiger partial charge in [0.2, 0.25) is 15.8 Å². The van der Waals surface area contributed by atoms with Crippen molar-refractivity contribution in [1.29, 1.82) is 0 Å². The summed E-state index contributed by atoms with van der Waals surface area (Å²) < 4.78 is 42.7. The Kier molecular flexibility index (Phi) is 6.30. The van der Waals surface area contributed by atoms with Crippen LogP contribution >= 0.6 is 11.6 Å². The molecule has 2 aromatic carbocycles. The van der Waals surface area contributed by atoms with Crippen molar-refractivity contribution in [3.63, 3.8) is 0 Å². The number of methoxy groups -OCH3 is 2. The molecular formula is C16H18ClNO5S. The first-order valence-electron chi connectivity index (χ1n) is 7.07. The second-order valence-corrected chi connectivity index (χ2v) is 6.90. The molecule has 0 aliphatic carbocycles. The maximum Gasteiger partial charge on any atom is 0.240 e. The van der Waals surface area contributed by atoms with Crippen LogP contribution in [-0.4, -0.2) is 35.8 Å². The Balaban J connectivity index is 1.96. The summed E-state index contributed by atoms with van der Waals surface area (Å²) in [5, 5.41) is 0.357. The fourth-order valence-corrected chi connectivity index (χ4v) is 3.34. The molecule has 0 spiro atoms. The van der Waals surface area contributed by atoms with E-state index in [1.54, 1.807) is 30.3 Å². The first kappa shape index (κ1) is 18.4. The van der Waals surface area contributed by atoms with E-state index in [-0.39, 0.29) is 18.0 Å². The molecule has 0 radical (unpaired) electrons. The molecule has 2 rings (SSSR count). The second-order valence-electron chi connectivity index (χ2n) is 4.70. The molecule has 0 saturated heterocycles. The summed E-state index contributed by atoms with van der Waals surface area (Å²) in [6.07, 6.45) is 0. The highest BCUT2D eigenvalue weighted by Gasteiger charge is 2.14. The van der Waals surface area contributed by atoms with Crippen LogP contribution < -0.4 is 18.9 Å². The third-order valence-corrected chi connectivity index (χ3v) is 4.82. The van der Waals surface area contributed by atoms with E-state index in [2.05, 4.69) is 4.72 Å². The Morgan fingerprint density at radius 1 is 1.04 bits per heavy atom. The number of benzene rings is 2. The van der Waals surface area contributed by atoms with Gasteiger partial charge in [0.15, 0.2) is 11.5 Å². The molecule has 8 heteroatoms. The lowest BCUT2D eigenvalue weighted by atomic mass is 10.3. The van der Waals surface area contributed by atoms with Crippen molar-refractivity contribution >= 4 is 21.6 Å². The van der Waals surface area contributed by atoms with Crippen LogP contribution in [0, 0.1) is 0 Å². The maximum absolute atomic E-state index is 12.1. The fourth-order valence-electron chi connectivity index (χ4n) is 2.03. The Labute approximate surface area is 146 Å². The minimum Gasteiger partial charge on any atom is -0.493 e. The van der Waals surface area contributed by atoms with Gasteiger partial charge in [0, 0.05) is 11.6 Å². The molecule has 0 atom stereocenters. The molecule has 130 valence electrons. The van der Waals surface area contributed by atoms with E-state index < -0.39 is 10.0 Å².